The van der Waals surface area contributed by atoms with E-state index >= 15 is 0 Å². The molecule has 0 bridgehead atoms. The molecule has 4 rings (SSSR count). The highest BCUT2D eigenvalue weighted by Crippen LogP contribution is 2.36. The van der Waals surface area contributed by atoms with Crippen molar-refractivity contribution >= 4 is 35.1 Å². The number of anilines is 1. The molecule has 0 unspecified atom stereocenters. The van der Waals surface area contributed by atoms with Gasteiger partial charge in [-0.05, 0) is 31.2 Å². The van der Waals surface area contributed by atoms with Crippen molar-refractivity contribution in [1.29, 1.82) is 0 Å². The number of nitrogens with one attached hydrogen (secondary N) is 1. The number of halogens is 1. The minimum absolute atomic E-state index is 0.184. The van der Waals surface area contributed by atoms with E-state index in [0.717, 1.165) is 18.8 Å². The van der Waals surface area contributed by atoms with Gasteiger partial charge in [-0.2, -0.15) is 0 Å². The molecule has 1 amide bonds. The molecule has 1 N–H and O–H groups in total. The lowest BCUT2D eigenvalue weighted by Crippen LogP contribution is -2.57. The van der Waals surface area contributed by atoms with Gasteiger partial charge in [0.1, 0.15) is 11.8 Å². The summed E-state index contributed by atoms with van der Waals surface area (Å²) in [4.78, 5) is 34.9. The highest BCUT2D eigenvalue weighted by molar-refractivity contribution is 6.30. The number of methoxy groups -OCH3 is 1. The first-order valence-corrected chi connectivity index (χ1v) is 11.3. The van der Waals surface area contributed by atoms with Gasteiger partial charge in [0, 0.05) is 42.5 Å². The van der Waals surface area contributed by atoms with Crippen LogP contribution in [0.4, 0.5) is 5.69 Å². The Bertz CT molecular complexity index is 1050. The van der Waals surface area contributed by atoms with E-state index in [9.17, 15) is 9.59 Å². The van der Waals surface area contributed by atoms with Crippen LogP contribution in [-0.2, 0) is 14.3 Å². The Hall–Kier alpha value is -3.26. The molecule has 0 spiro atoms. The third-order valence-corrected chi connectivity index (χ3v) is 6.08. The molecule has 0 aromatic heterocycles. The van der Waals surface area contributed by atoms with Crippen molar-refractivity contribution in [2.75, 3.05) is 44.8 Å². The minimum Gasteiger partial charge on any atom is -0.496 e. The first-order chi connectivity index (χ1) is 16.0. The van der Waals surface area contributed by atoms with E-state index in [2.05, 4.69) is 10.2 Å². The van der Waals surface area contributed by atoms with E-state index in [-0.39, 0.29) is 6.61 Å². The summed E-state index contributed by atoms with van der Waals surface area (Å²) in [5, 5.41) is 3.53. The lowest BCUT2D eigenvalue weighted by molar-refractivity contribution is -0.153. The molecule has 2 aliphatic heterocycles. The minimum atomic E-state index is -1.09. The topological polar surface area (TPSA) is 83.5 Å². The standard InChI is InChI=1S/C24H27ClN4O4/c1-3-33-23(31)20-21(18-9-4-5-10-19(18)32-2)26-24(27-22(20)30)29-13-11-28(12-14-29)17-8-6-7-16(25)15-17/h4-10,15,20-21H,3,11-14H2,1-2H3,(H,26,27,30)/t20-,21+/m1/s1. The Labute approximate surface area is 198 Å². The van der Waals surface area contributed by atoms with Crippen LogP contribution in [0, 0.1) is 5.92 Å². The number of para-hydroxylation sites is 1. The van der Waals surface area contributed by atoms with E-state index in [1.54, 1.807) is 20.1 Å². The number of esters is 1. The first-order valence-electron chi connectivity index (χ1n) is 11.0. The number of guanidine groups is 1. The van der Waals surface area contributed by atoms with E-state index in [4.69, 9.17) is 26.1 Å². The second-order valence-electron chi connectivity index (χ2n) is 7.81. The molecular formula is C24H27ClN4O4. The third-order valence-electron chi connectivity index (χ3n) is 5.85. The molecule has 1 fully saturated rings. The molecule has 0 radical (unpaired) electrons. The van der Waals surface area contributed by atoms with Crippen molar-refractivity contribution in [1.82, 2.24) is 10.2 Å². The number of piperazine rings is 1. The number of carbonyl (C=O) groups is 2. The number of carbonyl (C=O) groups excluding carboxylic acids is 2. The van der Waals surface area contributed by atoms with Crippen LogP contribution in [-0.4, -0.2) is 62.6 Å². The Morgan fingerprint density at radius 2 is 1.85 bits per heavy atom. The van der Waals surface area contributed by atoms with Gasteiger partial charge in [0.05, 0.1) is 13.7 Å². The van der Waals surface area contributed by atoms with Crippen LogP contribution >= 0.6 is 11.6 Å². The second kappa shape index (κ2) is 10.1. The van der Waals surface area contributed by atoms with Crippen molar-refractivity contribution in [3.63, 3.8) is 0 Å². The smallest absolute Gasteiger partial charge is 0.321 e. The summed E-state index contributed by atoms with van der Waals surface area (Å²) in [5.74, 6) is -1.08. The summed E-state index contributed by atoms with van der Waals surface area (Å²) < 4.78 is 10.7. The quantitative estimate of drug-likeness (QED) is 0.534. The van der Waals surface area contributed by atoms with Crippen molar-refractivity contribution in [3.8, 4) is 5.75 Å². The normalized spacial score (nSPS) is 20.7. The largest absolute Gasteiger partial charge is 0.496 e. The molecule has 2 aliphatic rings. The lowest BCUT2D eigenvalue weighted by atomic mass is 9.90. The maximum atomic E-state index is 13.1. The molecule has 1 saturated heterocycles. The van der Waals surface area contributed by atoms with Crippen LogP contribution in [0.5, 0.6) is 5.75 Å². The van der Waals surface area contributed by atoms with Gasteiger partial charge in [0.25, 0.3) is 0 Å². The average molecular weight is 471 g/mol. The van der Waals surface area contributed by atoms with Gasteiger partial charge in [-0.3, -0.25) is 14.9 Å². The SMILES string of the molecule is CCOC(=O)[C@H]1C(=O)NC(N2CCN(c3cccc(Cl)c3)CC2)=N[C@H]1c1ccccc1OC. The molecule has 2 aromatic carbocycles. The highest BCUT2D eigenvalue weighted by atomic mass is 35.5. The van der Waals surface area contributed by atoms with Crippen molar-refractivity contribution < 1.29 is 19.1 Å². The van der Waals surface area contributed by atoms with Crippen LogP contribution in [0.15, 0.2) is 53.5 Å². The molecule has 8 nitrogen and oxygen atoms in total. The van der Waals surface area contributed by atoms with Crippen molar-refractivity contribution in [3.05, 3.63) is 59.1 Å². The average Bonchev–Trinajstić information content (AvgIpc) is 2.83. The number of aliphatic imine (C=N–C) groups is 1. The fraction of sp³-hybridized carbons (Fsp3) is 0.375. The number of ether oxygens (including phenoxy) is 2. The molecule has 0 saturated carbocycles. The molecule has 2 aromatic rings. The van der Waals surface area contributed by atoms with Crippen LogP contribution in [0.25, 0.3) is 0 Å². The zero-order chi connectivity index (χ0) is 23.4. The Morgan fingerprint density at radius 1 is 1.12 bits per heavy atom. The Balaban J connectivity index is 1.59. The number of nitrogens with zero attached hydrogens (tertiary/aromatic N) is 3. The number of rotatable bonds is 5. The highest BCUT2D eigenvalue weighted by Gasteiger charge is 2.43. The first kappa shape index (κ1) is 22.9. The molecule has 9 heteroatoms. The number of amides is 1. The molecular weight excluding hydrogens is 444 g/mol. The Morgan fingerprint density at radius 3 is 2.55 bits per heavy atom. The molecule has 2 atom stereocenters. The summed E-state index contributed by atoms with van der Waals surface area (Å²) in [6, 6.07) is 14.3. The van der Waals surface area contributed by atoms with Gasteiger partial charge in [-0.15, -0.1) is 0 Å². The molecule has 33 heavy (non-hydrogen) atoms. The predicted octanol–water partition coefficient (Wildman–Crippen LogP) is 2.88. The molecule has 0 aliphatic carbocycles. The van der Waals surface area contributed by atoms with Crippen LogP contribution in [0.2, 0.25) is 5.02 Å². The third kappa shape index (κ3) is 4.90. The van der Waals surface area contributed by atoms with E-state index < -0.39 is 23.8 Å². The predicted molar refractivity (Wildman–Crippen MR) is 127 cm³/mol. The summed E-state index contributed by atoms with van der Waals surface area (Å²) in [6.45, 7) is 4.71. The van der Waals surface area contributed by atoms with E-state index in [0.29, 0.717) is 35.4 Å². The number of hydrogen-bond donors (Lipinski definition) is 1. The van der Waals surface area contributed by atoms with Crippen molar-refractivity contribution in [2.24, 2.45) is 10.9 Å². The van der Waals surface area contributed by atoms with Gasteiger partial charge in [0.2, 0.25) is 11.9 Å². The second-order valence-corrected chi connectivity index (χ2v) is 8.25. The summed E-state index contributed by atoms with van der Waals surface area (Å²) in [7, 11) is 1.56. The van der Waals surface area contributed by atoms with Gasteiger partial charge < -0.3 is 19.3 Å². The fourth-order valence-corrected chi connectivity index (χ4v) is 4.39. The Kier molecular flexibility index (Phi) is 7.03. The van der Waals surface area contributed by atoms with Crippen LogP contribution in [0.1, 0.15) is 18.5 Å². The van der Waals surface area contributed by atoms with Crippen LogP contribution < -0.4 is 15.0 Å². The summed E-state index contributed by atoms with van der Waals surface area (Å²) in [6.07, 6.45) is 0. The molecule has 174 valence electrons. The lowest BCUT2D eigenvalue weighted by Gasteiger charge is -2.39. The zero-order valence-electron chi connectivity index (χ0n) is 18.7. The number of hydrogen-bond acceptors (Lipinski definition) is 7. The van der Waals surface area contributed by atoms with E-state index in [1.165, 1.54) is 0 Å². The maximum Gasteiger partial charge on any atom is 0.321 e. The van der Waals surface area contributed by atoms with Gasteiger partial charge in [-0.1, -0.05) is 35.9 Å². The van der Waals surface area contributed by atoms with Gasteiger partial charge >= 0.3 is 5.97 Å². The van der Waals surface area contributed by atoms with Gasteiger partial charge in [-0.25, -0.2) is 4.99 Å². The van der Waals surface area contributed by atoms with Gasteiger partial charge in [0.15, 0.2) is 5.92 Å². The monoisotopic (exact) mass is 470 g/mol. The maximum absolute atomic E-state index is 13.1. The molecule has 2 heterocycles. The fourth-order valence-electron chi connectivity index (χ4n) is 4.21. The van der Waals surface area contributed by atoms with Crippen LogP contribution in [0.3, 0.4) is 0 Å². The zero-order valence-corrected chi connectivity index (χ0v) is 19.4. The summed E-state index contributed by atoms with van der Waals surface area (Å²) in [5.41, 5.74) is 1.73. The number of benzene rings is 2. The summed E-state index contributed by atoms with van der Waals surface area (Å²) >= 11 is 6.14. The van der Waals surface area contributed by atoms with Crippen molar-refractivity contribution in [2.45, 2.75) is 13.0 Å². The van der Waals surface area contributed by atoms with E-state index in [1.807, 2.05) is 47.4 Å².